The summed E-state index contributed by atoms with van der Waals surface area (Å²) in [6, 6.07) is 7.08. The lowest BCUT2D eigenvalue weighted by atomic mass is 9.79. The molecule has 1 saturated carbocycles. The molecule has 0 saturated heterocycles. The van der Waals surface area contributed by atoms with E-state index in [9.17, 15) is 0 Å². The fourth-order valence-corrected chi connectivity index (χ4v) is 3.18. The maximum absolute atomic E-state index is 5.54. The Balaban J connectivity index is 1.78. The minimum atomic E-state index is 0.559. The van der Waals surface area contributed by atoms with Crippen molar-refractivity contribution in [1.29, 1.82) is 0 Å². The van der Waals surface area contributed by atoms with Gasteiger partial charge in [-0.25, -0.2) is 0 Å². The van der Waals surface area contributed by atoms with Gasteiger partial charge in [0.2, 0.25) is 0 Å². The number of aryl methyl sites for hydroxylation is 1. The minimum Gasteiger partial charge on any atom is -0.496 e. The molecule has 2 aliphatic rings. The van der Waals surface area contributed by atoms with Gasteiger partial charge in [-0.05, 0) is 49.8 Å². The van der Waals surface area contributed by atoms with Crippen LogP contribution in [0, 0.1) is 5.92 Å². The average molecular weight is 245 g/mol. The molecule has 2 heteroatoms. The quantitative estimate of drug-likeness (QED) is 0.880. The molecule has 0 aromatic heterocycles. The lowest BCUT2D eigenvalue weighted by Crippen LogP contribution is -2.38. The van der Waals surface area contributed by atoms with E-state index in [0.29, 0.717) is 12.0 Å². The Kier molecular flexibility index (Phi) is 3.29. The average Bonchev–Trinajstić information content (AvgIpc) is 3.21. The molecule has 2 atom stereocenters. The second-order valence-electron chi connectivity index (χ2n) is 5.82. The normalized spacial score (nSPS) is 26.8. The third-order valence-corrected chi connectivity index (χ3v) is 4.53. The van der Waals surface area contributed by atoms with Crippen molar-refractivity contribution in [3.8, 4) is 5.75 Å². The number of fused-ring (bicyclic) bond motifs is 1. The van der Waals surface area contributed by atoms with Crippen molar-refractivity contribution in [2.75, 3.05) is 13.7 Å². The third kappa shape index (κ3) is 2.26. The van der Waals surface area contributed by atoms with E-state index < -0.39 is 0 Å². The van der Waals surface area contributed by atoms with Gasteiger partial charge in [-0.1, -0.05) is 19.1 Å². The van der Waals surface area contributed by atoms with Crippen molar-refractivity contribution in [3.63, 3.8) is 0 Å². The smallest absolute Gasteiger partial charge is 0.122 e. The summed E-state index contributed by atoms with van der Waals surface area (Å²) in [4.78, 5) is 0. The van der Waals surface area contributed by atoms with Crippen LogP contribution in [0.3, 0.4) is 0 Å². The SMILES string of the molecule is COc1cccc2c1[C@@H](C)C(NCC1CC1)CC2. The topological polar surface area (TPSA) is 21.3 Å². The molecule has 1 fully saturated rings. The molecule has 1 aromatic carbocycles. The predicted molar refractivity (Wildman–Crippen MR) is 74.2 cm³/mol. The minimum absolute atomic E-state index is 0.559. The largest absolute Gasteiger partial charge is 0.496 e. The van der Waals surface area contributed by atoms with Gasteiger partial charge in [0.15, 0.2) is 0 Å². The molecular weight excluding hydrogens is 222 g/mol. The number of rotatable bonds is 4. The highest BCUT2D eigenvalue weighted by Crippen LogP contribution is 2.38. The number of nitrogens with one attached hydrogen (secondary N) is 1. The summed E-state index contributed by atoms with van der Waals surface area (Å²) in [6.45, 7) is 3.55. The van der Waals surface area contributed by atoms with Crippen molar-refractivity contribution in [3.05, 3.63) is 29.3 Å². The molecule has 0 heterocycles. The van der Waals surface area contributed by atoms with Gasteiger partial charge in [0.25, 0.3) is 0 Å². The van der Waals surface area contributed by atoms with E-state index in [2.05, 4.69) is 30.4 Å². The van der Waals surface area contributed by atoms with Gasteiger partial charge in [-0.3, -0.25) is 0 Å². The van der Waals surface area contributed by atoms with E-state index in [4.69, 9.17) is 4.74 Å². The first-order valence-corrected chi connectivity index (χ1v) is 7.18. The number of hydrogen-bond donors (Lipinski definition) is 1. The van der Waals surface area contributed by atoms with E-state index in [-0.39, 0.29) is 0 Å². The number of ether oxygens (including phenoxy) is 1. The predicted octanol–water partition coefficient (Wildman–Crippen LogP) is 3.11. The molecule has 1 N–H and O–H groups in total. The molecule has 0 bridgehead atoms. The molecule has 0 radical (unpaired) electrons. The van der Waals surface area contributed by atoms with E-state index in [1.807, 2.05) is 0 Å². The molecule has 18 heavy (non-hydrogen) atoms. The van der Waals surface area contributed by atoms with Crippen molar-refractivity contribution in [2.24, 2.45) is 5.92 Å². The van der Waals surface area contributed by atoms with Crippen molar-refractivity contribution < 1.29 is 4.74 Å². The van der Waals surface area contributed by atoms with Crippen molar-refractivity contribution in [2.45, 2.75) is 44.6 Å². The lowest BCUT2D eigenvalue weighted by molar-refractivity contribution is 0.366. The van der Waals surface area contributed by atoms with Crippen LogP contribution in [0.2, 0.25) is 0 Å². The zero-order valence-corrected chi connectivity index (χ0v) is 11.4. The van der Waals surface area contributed by atoms with Crippen LogP contribution in [0.4, 0.5) is 0 Å². The first-order valence-electron chi connectivity index (χ1n) is 7.18. The zero-order chi connectivity index (χ0) is 12.5. The Morgan fingerprint density at radius 2 is 2.11 bits per heavy atom. The fraction of sp³-hybridized carbons (Fsp3) is 0.625. The summed E-state index contributed by atoms with van der Waals surface area (Å²) in [5.41, 5.74) is 2.91. The standard InChI is InChI=1S/C16H23NO/c1-11-14(17-10-12-6-7-12)9-8-13-4-3-5-15(18-2)16(11)13/h3-5,11-12,14,17H,6-10H2,1-2H3/t11-,14?/m0/s1. The second-order valence-corrected chi connectivity index (χ2v) is 5.82. The number of hydrogen-bond acceptors (Lipinski definition) is 2. The summed E-state index contributed by atoms with van der Waals surface area (Å²) >= 11 is 0. The molecule has 1 unspecified atom stereocenters. The number of methoxy groups -OCH3 is 1. The molecule has 2 aliphatic carbocycles. The van der Waals surface area contributed by atoms with Crippen LogP contribution in [0.15, 0.2) is 18.2 Å². The van der Waals surface area contributed by atoms with Gasteiger partial charge in [-0.15, -0.1) is 0 Å². The van der Waals surface area contributed by atoms with Gasteiger partial charge in [0.1, 0.15) is 5.75 Å². The summed E-state index contributed by atoms with van der Waals surface area (Å²) in [5, 5.41) is 3.77. The maximum atomic E-state index is 5.54. The highest BCUT2D eigenvalue weighted by Gasteiger charge is 2.30. The first kappa shape index (κ1) is 12.0. The molecule has 0 spiro atoms. The molecule has 3 rings (SSSR count). The Morgan fingerprint density at radius 1 is 1.28 bits per heavy atom. The van der Waals surface area contributed by atoms with Gasteiger partial charge in [0, 0.05) is 17.5 Å². The molecular formula is C16H23NO. The summed E-state index contributed by atoms with van der Waals surface area (Å²) < 4.78 is 5.54. The fourth-order valence-electron chi connectivity index (χ4n) is 3.18. The second kappa shape index (κ2) is 4.93. The zero-order valence-electron chi connectivity index (χ0n) is 11.4. The monoisotopic (exact) mass is 245 g/mol. The Bertz CT molecular complexity index is 411. The molecule has 0 aliphatic heterocycles. The van der Waals surface area contributed by atoms with E-state index in [0.717, 1.165) is 11.7 Å². The van der Waals surface area contributed by atoms with Crippen LogP contribution in [-0.4, -0.2) is 19.7 Å². The van der Waals surface area contributed by atoms with Crippen LogP contribution >= 0.6 is 0 Å². The molecule has 1 aromatic rings. The van der Waals surface area contributed by atoms with Gasteiger partial charge < -0.3 is 10.1 Å². The van der Waals surface area contributed by atoms with Gasteiger partial charge in [-0.2, -0.15) is 0 Å². The Hall–Kier alpha value is -1.02. The third-order valence-electron chi connectivity index (χ3n) is 4.53. The first-order chi connectivity index (χ1) is 8.79. The van der Waals surface area contributed by atoms with Crippen LogP contribution in [-0.2, 0) is 6.42 Å². The van der Waals surface area contributed by atoms with Crippen LogP contribution < -0.4 is 10.1 Å². The van der Waals surface area contributed by atoms with Gasteiger partial charge in [0.05, 0.1) is 7.11 Å². The van der Waals surface area contributed by atoms with E-state index >= 15 is 0 Å². The van der Waals surface area contributed by atoms with E-state index in [1.54, 1.807) is 7.11 Å². The molecule has 0 amide bonds. The lowest BCUT2D eigenvalue weighted by Gasteiger charge is -2.33. The van der Waals surface area contributed by atoms with Crippen LogP contribution in [0.1, 0.15) is 43.2 Å². The maximum Gasteiger partial charge on any atom is 0.122 e. The molecule has 98 valence electrons. The van der Waals surface area contributed by atoms with E-state index in [1.165, 1.54) is 43.4 Å². The summed E-state index contributed by atoms with van der Waals surface area (Å²) in [7, 11) is 1.78. The highest BCUT2D eigenvalue weighted by atomic mass is 16.5. The summed E-state index contributed by atoms with van der Waals surface area (Å²) in [6.07, 6.45) is 5.29. The summed E-state index contributed by atoms with van der Waals surface area (Å²) in [5.74, 6) is 2.58. The van der Waals surface area contributed by atoms with Crippen molar-refractivity contribution >= 4 is 0 Å². The van der Waals surface area contributed by atoms with Crippen LogP contribution in [0.25, 0.3) is 0 Å². The van der Waals surface area contributed by atoms with Gasteiger partial charge >= 0.3 is 0 Å². The van der Waals surface area contributed by atoms with Crippen molar-refractivity contribution in [1.82, 2.24) is 5.32 Å². The number of benzene rings is 1. The highest BCUT2D eigenvalue weighted by molar-refractivity contribution is 5.45. The Labute approximate surface area is 110 Å². The van der Waals surface area contributed by atoms with Crippen LogP contribution in [0.5, 0.6) is 5.75 Å². The Morgan fingerprint density at radius 3 is 2.83 bits per heavy atom. The molecule has 2 nitrogen and oxygen atoms in total.